The summed E-state index contributed by atoms with van der Waals surface area (Å²) in [6, 6.07) is 16.4. The van der Waals surface area contributed by atoms with Gasteiger partial charge in [0.05, 0.1) is 15.2 Å². The number of rotatable bonds is 5. The molecule has 0 radical (unpaired) electrons. The molecule has 0 saturated carbocycles. The van der Waals surface area contributed by atoms with E-state index >= 15 is 0 Å². The number of anilines is 1. The third-order valence-electron chi connectivity index (χ3n) is 4.82. The number of nitrogens with zero attached hydrogens (tertiary/aromatic N) is 2. The minimum absolute atomic E-state index is 0.191. The van der Waals surface area contributed by atoms with E-state index in [0.717, 1.165) is 48.6 Å². The molecule has 26 heavy (non-hydrogen) atoms. The van der Waals surface area contributed by atoms with E-state index in [1.165, 1.54) is 10.3 Å². The van der Waals surface area contributed by atoms with Gasteiger partial charge in [0.25, 0.3) is 0 Å². The SMILES string of the molecule is C[C@H](Nc1ccc(Cc2nc3ccccc3s2)cc1)C(=O)N1CCCC1. The summed E-state index contributed by atoms with van der Waals surface area (Å²) in [6.45, 7) is 3.73. The second-order valence-corrected chi connectivity index (χ2v) is 7.96. The second-order valence-electron chi connectivity index (χ2n) is 6.85. The van der Waals surface area contributed by atoms with Gasteiger partial charge in [-0.3, -0.25) is 4.79 Å². The quantitative estimate of drug-likeness (QED) is 0.733. The summed E-state index contributed by atoms with van der Waals surface area (Å²) in [6.07, 6.45) is 3.08. The molecule has 1 aliphatic heterocycles. The molecule has 1 aromatic heterocycles. The largest absolute Gasteiger partial charge is 0.374 e. The molecular formula is C21H23N3OS. The standard InChI is InChI=1S/C21H23N3OS/c1-15(21(25)24-12-4-5-13-24)22-17-10-8-16(9-11-17)14-20-23-18-6-2-3-7-19(18)26-20/h2-3,6-11,15,22H,4-5,12-14H2,1H3/t15-/m0/s1. The monoisotopic (exact) mass is 365 g/mol. The molecule has 134 valence electrons. The number of aromatic nitrogens is 1. The van der Waals surface area contributed by atoms with Crippen molar-refractivity contribution in [1.29, 1.82) is 0 Å². The molecule has 1 N–H and O–H groups in total. The highest BCUT2D eigenvalue weighted by atomic mass is 32.1. The lowest BCUT2D eigenvalue weighted by Gasteiger charge is -2.22. The minimum Gasteiger partial charge on any atom is -0.374 e. The number of thiazole rings is 1. The summed E-state index contributed by atoms with van der Waals surface area (Å²) in [7, 11) is 0. The Bertz CT molecular complexity index is 864. The van der Waals surface area contributed by atoms with Crippen LogP contribution in [-0.2, 0) is 11.2 Å². The third kappa shape index (κ3) is 3.73. The Balaban J connectivity index is 1.39. The summed E-state index contributed by atoms with van der Waals surface area (Å²) in [5, 5.41) is 4.46. The summed E-state index contributed by atoms with van der Waals surface area (Å²) >= 11 is 1.75. The van der Waals surface area contributed by atoms with Crippen LogP contribution in [0.2, 0.25) is 0 Å². The van der Waals surface area contributed by atoms with Gasteiger partial charge in [-0.05, 0) is 49.6 Å². The van der Waals surface area contributed by atoms with Crippen molar-refractivity contribution in [3.05, 3.63) is 59.1 Å². The molecule has 4 nitrogen and oxygen atoms in total. The molecule has 2 aromatic carbocycles. The maximum absolute atomic E-state index is 12.4. The molecule has 5 heteroatoms. The Morgan fingerprint density at radius 3 is 2.62 bits per heavy atom. The average molecular weight is 366 g/mol. The first-order chi connectivity index (χ1) is 12.7. The number of carbonyl (C=O) groups is 1. The van der Waals surface area contributed by atoms with E-state index in [9.17, 15) is 4.79 Å². The molecule has 1 atom stereocenters. The molecular weight excluding hydrogens is 342 g/mol. The average Bonchev–Trinajstić information content (AvgIpc) is 3.31. The van der Waals surface area contributed by atoms with Crippen LogP contribution in [0.3, 0.4) is 0 Å². The zero-order valence-electron chi connectivity index (χ0n) is 14.9. The molecule has 2 heterocycles. The first-order valence-electron chi connectivity index (χ1n) is 9.18. The molecule has 3 aromatic rings. The molecule has 0 bridgehead atoms. The fourth-order valence-electron chi connectivity index (χ4n) is 3.41. The fourth-order valence-corrected chi connectivity index (χ4v) is 4.41. The molecule has 4 rings (SSSR count). The zero-order chi connectivity index (χ0) is 17.9. The van der Waals surface area contributed by atoms with Gasteiger partial charge < -0.3 is 10.2 Å². The Morgan fingerprint density at radius 2 is 1.88 bits per heavy atom. The van der Waals surface area contributed by atoms with Gasteiger partial charge in [-0.25, -0.2) is 4.98 Å². The zero-order valence-corrected chi connectivity index (χ0v) is 15.8. The Morgan fingerprint density at radius 1 is 1.15 bits per heavy atom. The van der Waals surface area contributed by atoms with Crippen molar-refractivity contribution in [3.63, 3.8) is 0 Å². The predicted octanol–water partition coefficient (Wildman–Crippen LogP) is 4.31. The second kappa shape index (κ2) is 7.46. The molecule has 0 unspecified atom stereocenters. The highest BCUT2D eigenvalue weighted by molar-refractivity contribution is 7.18. The molecule has 0 aliphatic carbocycles. The van der Waals surface area contributed by atoms with Crippen LogP contribution in [0, 0.1) is 0 Å². The van der Waals surface area contributed by atoms with Crippen LogP contribution in [0.15, 0.2) is 48.5 Å². The lowest BCUT2D eigenvalue weighted by molar-refractivity contribution is -0.130. The summed E-state index contributed by atoms with van der Waals surface area (Å²) in [4.78, 5) is 19.1. The van der Waals surface area contributed by atoms with Crippen molar-refractivity contribution in [2.24, 2.45) is 0 Å². The fraction of sp³-hybridized carbons (Fsp3) is 0.333. The number of hydrogen-bond donors (Lipinski definition) is 1. The number of nitrogens with one attached hydrogen (secondary N) is 1. The van der Waals surface area contributed by atoms with Gasteiger partial charge >= 0.3 is 0 Å². The highest BCUT2D eigenvalue weighted by Gasteiger charge is 2.22. The van der Waals surface area contributed by atoms with Gasteiger partial charge in [0.15, 0.2) is 0 Å². The van der Waals surface area contributed by atoms with Gasteiger partial charge in [-0.1, -0.05) is 24.3 Å². The smallest absolute Gasteiger partial charge is 0.244 e. The van der Waals surface area contributed by atoms with E-state index in [4.69, 9.17) is 4.98 Å². The summed E-state index contributed by atoms with van der Waals surface area (Å²) < 4.78 is 1.23. The first-order valence-corrected chi connectivity index (χ1v) is 9.99. The topological polar surface area (TPSA) is 45.2 Å². The number of hydrogen-bond acceptors (Lipinski definition) is 4. The number of para-hydroxylation sites is 1. The summed E-state index contributed by atoms with van der Waals surface area (Å²) in [5.41, 5.74) is 3.28. The van der Waals surface area contributed by atoms with Gasteiger partial charge in [-0.2, -0.15) is 0 Å². The molecule has 1 aliphatic rings. The van der Waals surface area contributed by atoms with Gasteiger partial charge in [0, 0.05) is 25.2 Å². The van der Waals surface area contributed by atoms with Crippen molar-refractivity contribution in [2.75, 3.05) is 18.4 Å². The Labute approximate surface area is 157 Å². The lowest BCUT2D eigenvalue weighted by atomic mass is 10.1. The third-order valence-corrected chi connectivity index (χ3v) is 5.86. The molecule has 1 amide bonds. The number of carbonyl (C=O) groups excluding carboxylic acids is 1. The van der Waals surface area contributed by atoms with E-state index in [2.05, 4.69) is 47.8 Å². The van der Waals surface area contributed by atoms with E-state index < -0.39 is 0 Å². The highest BCUT2D eigenvalue weighted by Crippen LogP contribution is 2.24. The van der Waals surface area contributed by atoms with Crippen molar-refractivity contribution in [1.82, 2.24) is 9.88 Å². The van der Waals surface area contributed by atoms with E-state index in [0.29, 0.717) is 0 Å². The van der Waals surface area contributed by atoms with Crippen LogP contribution in [0.5, 0.6) is 0 Å². The Kier molecular flexibility index (Phi) is 4.89. The normalized spacial score (nSPS) is 15.3. The molecule has 0 spiro atoms. The molecule has 1 saturated heterocycles. The van der Waals surface area contributed by atoms with Gasteiger partial charge in [0.1, 0.15) is 6.04 Å². The van der Waals surface area contributed by atoms with Crippen LogP contribution in [0.4, 0.5) is 5.69 Å². The van der Waals surface area contributed by atoms with Crippen molar-refractivity contribution < 1.29 is 4.79 Å². The maximum atomic E-state index is 12.4. The number of likely N-dealkylation sites (tertiary alicyclic amines) is 1. The minimum atomic E-state index is -0.191. The Hall–Kier alpha value is -2.40. The predicted molar refractivity (Wildman–Crippen MR) is 108 cm³/mol. The van der Waals surface area contributed by atoms with E-state index in [1.807, 2.05) is 17.9 Å². The lowest BCUT2D eigenvalue weighted by Crippen LogP contribution is -2.39. The first kappa shape index (κ1) is 17.0. The summed E-state index contributed by atoms with van der Waals surface area (Å²) in [5.74, 6) is 0.195. The maximum Gasteiger partial charge on any atom is 0.244 e. The van der Waals surface area contributed by atoms with Crippen LogP contribution in [0.25, 0.3) is 10.2 Å². The van der Waals surface area contributed by atoms with E-state index in [1.54, 1.807) is 11.3 Å². The van der Waals surface area contributed by atoms with Crippen LogP contribution >= 0.6 is 11.3 Å². The van der Waals surface area contributed by atoms with Gasteiger partial charge in [0.2, 0.25) is 5.91 Å². The number of fused-ring (bicyclic) bond motifs is 1. The van der Waals surface area contributed by atoms with Crippen molar-refractivity contribution in [2.45, 2.75) is 32.2 Å². The van der Waals surface area contributed by atoms with Crippen molar-refractivity contribution >= 4 is 33.1 Å². The van der Waals surface area contributed by atoms with Crippen LogP contribution in [-0.4, -0.2) is 34.9 Å². The van der Waals surface area contributed by atoms with Crippen LogP contribution < -0.4 is 5.32 Å². The number of amides is 1. The number of benzene rings is 2. The van der Waals surface area contributed by atoms with E-state index in [-0.39, 0.29) is 11.9 Å². The molecule has 1 fully saturated rings. The van der Waals surface area contributed by atoms with Crippen LogP contribution in [0.1, 0.15) is 30.3 Å². The van der Waals surface area contributed by atoms with Gasteiger partial charge in [-0.15, -0.1) is 11.3 Å². The van der Waals surface area contributed by atoms with Crippen molar-refractivity contribution in [3.8, 4) is 0 Å².